The van der Waals surface area contributed by atoms with Gasteiger partial charge in [-0.05, 0) is 14.0 Å². The standard InChI is InChI=1S/C11H20N4OS/c1-7-5-15(6-8(2)17-7)11-14-13-10(16-11)9(3)12-4/h7-9,12H,5-6H2,1-4H3. The Hall–Kier alpha value is -0.750. The molecule has 0 radical (unpaired) electrons. The first-order valence-corrected chi connectivity index (χ1v) is 6.95. The molecule has 3 unspecified atom stereocenters. The van der Waals surface area contributed by atoms with Gasteiger partial charge in [-0.3, -0.25) is 0 Å². The van der Waals surface area contributed by atoms with Gasteiger partial charge in [-0.2, -0.15) is 11.8 Å². The number of nitrogens with zero attached hydrogens (tertiary/aromatic N) is 3. The molecule has 6 heteroatoms. The van der Waals surface area contributed by atoms with Gasteiger partial charge < -0.3 is 14.6 Å². The van der Waals surface area contributed by atoms with Crippen molar-refractivity contribution in [2.75, 3.05) is 25.0 Å². The molecule has 5 nitrogen and oxygen atoms in total. The summed E-state index contributed by atoms with van der Waals surface area (Å²) in [6.45, 7) is 8.44. The van der Waals surface area contributed by atoms with Crippen LogP contribution >= 0.6 is 11.8 Å². The van der Waals surface area contributed by atoms with E-state index >= 15 is 0 Å². The smallest absolute Gasteiger partial charge is 0.318 e. The fourth-order valence-electron chi connectivity index (χ4n) is 1.99. The Morgan fingerprint density at radius 3 is 2.59 bits per heavy atom. The molecule has 17 heavy (non-hydrogen) atoms. The molecule has 3 atom stereocenters. The maximum Gasteiger partial charge on any atom is 0.318 e. The zero-order valence-corrected chi connectivity index (χ0v) is 11.6. The molecule has 96 valence electrons. The second-order valence-corrected chi connectivity index (χ2v) is 6.48. The predicted octanol–water partition coefficient (Wildman–Crippen LogP) is 1.68. The highest BCUT2D eigenvalue weighted by molar-refractivity contribution is 8.00. The van der Waals surface area contributed by atoms with Crippen LogP contribution in [0.5, 0.6) is 0 Å². The third kappa shape index (κ3) is 2.93. The lowest BCUT2D eigenvalue weighted by Gasteiger charge is -2.33. The van der Waals surface area contributed by atoms with Crippen LogP contribution < -0.4 is 10.2 Å². The van der Waals surface area contributed by atoms with Crippen molar-refractivity contribution in [3.05, 3.63) is 5.89 Å². The van der Waals surface area contributed by atoms with E-state index in [0.29, 0.717) is 22.4 Å². The monoisotopic (exact) mass is 256 g/mol. The summed E-state index contributed by atoms with van der Waals surface area (Å²) in [6, 6.07) is 0.756. The molecule has 1 aromatic heterocycles. The normalized spacial score (nSPS) is 27.2. The Kier molecular flexibility index (Phi) is 3.93. The first-order chi connectivity index (χ1) is 8.10. The molecule has 0 aliphatic carbocycles. The first-order valence-electron chi connectivity index (χ1n) is 6.01. The fourth-order valence-corrected chi connectivity index (χ4v) is 3.31. The van der Waals surface area contributed by atoms with Gasteiger partial charge in [0.15, 0.2) is 0 Å². The molecule has 1 aliphatic heterocycles. The van der Waals surface area contributed by atoms with Gasteiger partial charge >= 0.3 is 6.01 Å². The molecule has 2 heterocycles. The van der Waals surface area contributed by atoms with Crippen LogP contribution in [0.3, 0.4) is 0 Å². The van der Waals surface area contributed by atoms with E-state index in [1.165, 1.54) is 0 Å². The summed E-state index contributed by atoms with van der Waals surface area (Å²) in [7, 11) is 1.89. The summed E-state index contributed by atoms with van der Waals surface area (Å²) in [4.78, 5) is 2.19. The molecule has 1 saturated heterocycles. The van der Waals surface area contributed by atoms with Crippen molar-refractivity contribution in [1.29, 1.82) is 0 Å². The van der Waals surface area contributed by atoms with E-state index in [-0.39, 0.29) is 6.04 Å². The Morgan fingerprint density at radius 1 is 1.35 bits per heavy atom. The van der Waals surface area contributed by atoms with Crippen LogP contribution in [-0.4, -0.2) is 40.8 Å². The molecule has 1 aromatic rings. The summed E-state index contributed by atoms with van der Waals surface area (Å²) in [5.74, 6) is 0.654. The number of nitrogens with one attached hydrogen (secondary N) is 1. The maximum atomic E-state index is 5.70. The molecule has 0 spiro atoms. The molecule has 0 saturated carbocycles. The van der Waals surface area contributed by atoms with Gasteiger partial charge in [-0.25, -0.2) is 0 Å². The zero-order valence-electron chi connectivity index (χ0n) is 10.8. The number of thioether (sulfide) groups is 1. The molecule has 0 amide bonds. The van der Waals surface area contributed by atoms with Gasteiger partial charge in [0, 0.05) is 23.6 Å². The molecule has 1 aliphatic rings. The van der Waals surface area contributed by atoms with Gasteiger partial charge in [0.1, 0.15) is 0 Å². The van der Waals surface area contributed by atoms with Crippen molar-refractivity contribution >= 4 is 17.8 Å². The number of hydrogen-bond acceptors (Lipinski definition) is 6. The van der Waals surface area contributed by atoms with Crippen LogP contribution in [0.15, 0.2) is 4.42 Å². The number of hydrogen-bond donors (Lipinski definition) is 1. The zero-order chi connectivity index (χ0) is 12.4. The van der Waals surface area contributed by atoms with E-state index in [1.54, 1.807) is 0 Å². The van der Waals surface area contributed by atoms with E-state index in [0.717, 1.165) is 13.1 Å². The van der Waals surface area contributed by atoms with E-state index < -0.39 is 0 Å². The first kappa shape index (κ1) is 12.7. The highest BCUT2D eigenvalue weighted by Gasteiger charge is 2.26. The van der Waals surface area contributed by atoms with Crippen molar-refractivity contribution in [1.82, 2.24) is 15.5 Å². The third-order valence-corrected chi connectivity index (χ3v) is 4.15. The van der Waals surface area contributed by atoms with Gasteiger partial charge in [0.25, 0.3) is 0 Å². The number of aromatic nitrogens is 2. The summed E-state index contributed by atoms with van der Waals surface area (Å²) in [5.41, 5.74) is 0. The average Bonchev–Trinajstić information content (AvgIpc) is 2.76. The van der Waals surface area contributed by atoms with Crippen molar-refractivity contribution < 1.29 is 4.42 Å². The highest BCUT2D eigenvalue weighted by Crippen LogP contribution is 2.28. The predicted molar refractivity (Wildman–Crippen MR) is 70.5 cm³/mol. The van der Waals surface area contributed by atoms with Gasteiger partial charge in [-0.1, -0.05) is 18.9 Å². The molecule has 2 rings (SSSR count). The van der Waals surface area contributed by atoms with Crippen LogP contribution in [0.4, 0.5) is 6.01 Å². The minimum atomic E-state index is 0.102. The second-order valence-electron chi connectivity index (χ2n) is 4.60. The van der Waals surface area contributed by atoms with Crippen LogP contribution in [0, 0.1) is 0 Å². The van der Waals surface area contributed by atoms with Crippen molar-refractivity contribution in [3.8, 4) is 0 Å². The number of anilines is 1. The molecule has 0 bridgehead atoms. The Labute approximate surface area is 106 Å². The fraction of sp³-hybridized carbons (Fsp3) is 0.818. The molecule has 0 aromatic carbocycles. The Morgan fingerprint density at radius 2 is 2.00 bits per heavy atom. The summed E-state index contributed by atoms with van der Waals surface area (Å²) in [6.07, 6.45) is 0. The highest BCUT2D eigenvalue weighted by atomic mass is 32.2. The summed E-state index contributed by atoms with van der Waals surface area (Å²) in [5, 5.41) is 12.5. The van der Waals surface area contributed by atoms with Gasteiger partial charge in [0.05, 0.1) is 6.04 Å². The van der Waals surface area contributed by atoms with Crippen LogP contribution in [-0.2, 0) is 0 Å². The van der Waals surface area contributed by atoms with Crippen molar-refractivity contribution in [2.24, 2.45) is 0 Å². The lowest BCUT2D eigenvalue weighted by Crippen LogP contribution is -2.40. The third-order valence-electron chi connectivity index (χ3n) is 2.92. The van der Waals surface area contributed by atoms with E-state index in [1.807, 2.05) is 25.7 Å². The maximum absolute atomic E-state index is 5.70. The molecule has 1 N–H and O–H groups in total. The van der Waals surface area contributed by atoms with Gasteiger partial charge in [-0.15, -0.1) is 5.10 Å². The van der Waals surface area contributed by atoms with Gasteiger partial charge in [0.2, 0.25) is 5.89 Å². The molecule has 1 fully saturated rings. The summed E-state index contributed by atoms with van der Waals surface area (Å²) >= 11 is 2.01. The second kappa shape index (κ2) is 5.27. The minimum absolute atomic E-state index is 0.102. The topological polar surface area (TPSA) is 54.2 Å². The van der Waals surface area contributed by atoms with E-state index in [9.17, 15) is 0 Å². The quantitative estimate of drug-likeness (QED) is 0.888. The Bertz CT molecular complexity index is 360. The van der Waals surface area contributed by atoms with Crippen LogP contribution in [0.25, 0.3) is 0 Å². The lowest BCUT2D eigenvalue weighted by molar-refractivity contribution is 0.428. The minimum Gasteiger partial charge on any atom is -0.406 e. The Balaban J connectivity index is 2.09. The van der Waals surface area contributed by atoms with E-state index in [2.05, 4.69) is 34.3 Å². The van der Waals surface area contributed by atoms with Crippen molar-refractivity contribution in [3.63, 3.8) is 0 Å². The van der Waals surface area contributed by atoms with Crippen LogP contribution in [0.2, 0.25) is 0 Å². The molecular formula is C11H20N4OS. The number of rotatable bonds is 3. The average molecular weight is 256 g/mol. The summed E-state index contributed by atoms with van der Waals surface area (Å²) < 4.78 is 5.70. The van der Waals surface area contributed by atoms with E-state index in [4.69, 9.17) is 4.42 Å². The molecular weight excluding hydrogens is 236 g/mol. The largest absolute Gasteiger partial charge is 0.406 e. The SMILES string of the molecule is CNC(C)c1nnc(N2CC(C)SC(C)C2)o1. The van der Waals surface area contributed by atoms with Crippen LogP contribution in [0.1, 0.15) is 32.7 Å². The van der Waals surface area contributed by atoms with Crippen molar-refractivity contribution in [2.45, 2.75) is 37.3 Å². The lowest BCUT2D eigenvalue weighted by atomic mass is 10.3.